The molecule has 0 unspecified atom stereocenters. The molecule has 0 radical (unpaired) electrons. The number of anilines is 6. The van der Waals surface area contributed by atoms with Crippen molar-refractivity contribution in [3.05, 3.63) is 321 Å². The maximum atomic E-state index is 4.42. The van der Waals surface area contributed by atoms with E-state index in [-0.39, 0.29) is 27.1 Å². The highest BCUT2D eigenvalue weighted by Crippen LogP contribution is 2.57. The van der Waals surface area contributed by atoms with Crippen molar-refractivity contribution in [1.82, 2.24) is 9.97 Å². The summed E-state index contributed by atoms with van der Waals surface area (Å²) < 4.78 is 0. The molecule has 0 bridgehead atoms. The van der Waals surface area contributed by atoms with Gasteiger partial charge in [-0.15, -0.1) is 0 Å². The number of rotatable bonds is 10. The molecule has 93 heavy (non-hydrogen) atoms. The van der Waals surface area contributed by atoms with Crippen molar-refractivity contribution < 1.29 is 0 Å². The third-order valence-corrected chi connectivity index (χ3v) is 22.0. The molecule has 5 aliphatic rings. The minimum Gasteiger partial charge on any atom is -0.310 e. The largest absolute Gasteiger partial charge is 0.310 e. The summed E-state index contributed by atoms with van der Waals surface area (Å²) in [5.41, 5.74) is 37.5. The molecule has 4 heteroatoms. The maximum absolute atomic E-state index is 4.42. The van der Waals surface area contributed by atoms with Gasteiger partial charge in [-0.1, -0.05) is 239 Å². The number of hydrogen-bond donors (Lipinski definition) is 0. The second-order valence-corrected chi connectivity index (χ2v) is 29.1. The molecule has 0 fully saturated rings. The fraction of sp³-hybridized carbons (Fsp3) is 0.169. The van der Waals surface area contributed by atoms with Gasteiger partial charge in [-0.25, -0.2) is 0 Å². The first-order chi connectivity index (χ1) is 44.8. The molecule has 4 nitrogen and oxygen atoms in total. The number of aromatic nitrogens is 2. The predicted octanol–water partition coefficient (Wildman–Crippen LogP) is 23.3. The first-order valence-corrected chi connectivity index (χ1v) is 33.0. The first kappa shape index (κ1) is 56.6. The van der Waals surface area contributed by atoms with Crippen molar-refractivity contribution in [3.63, 3.8) is 0 Å². The molecule has 0 amide bonds. The summed E-state index contributed by atoms with van der Waals surface area (Å²) in [7, 11) is 0. The van der Waals surface area contributed by atoms with Crippen LogP contribution in [-0.4, -0.2) is 9.97 Å². The molecule has 0 saturated carbocycles. The normalized spacial score (nSPS) is 16.0. The second-order valence-electron chi connectivity index (χ2n) is 29.1. The summed E-state index contributed by atoms with van der Waals surface area (Å²) in [6.07, 6.45) is 16.8. The molecule has 10 aromatic carbocycles. The first-order valence-electron chi connectivity index (χ1n) is 33.0. The molecule has 0 saturated heterocycles. The van der Waals surface area contributed by atoms with Crippen molar-refractivity contribution in [2.45, 2.75) is 96.3 Å². The Morgan fingerprint density at radius 3 is 0.699 bits per heavy atom. The predicted molar refractivity (Wildman–Crippen MR) is 390 cm³/mol. The van der Waals surface area contributed by atoms with E-state index in [4.69, 9.17) is 0 Å². The molecule has 17 rings (SSSR count). The zero-order chi connectivity index (χ0) is 63.5. The fourth-order valence-corrected chi connectivity index (χ4v) is 16.9. The van der Waals surface area contributed by atoms with Crippen LogP contribution in [0.5, 0.6) is 0 Å². The quantitative estimate of drug-likeness (QED) is 0.128. The Balaban J connectivity index is 0.609. The van der Waals surface area contributed by atoms with Crippen LogP contribution in [0.1, 0.15) is 147 Å². The highest BCUT2D eigenvalue weighted by molar-refractivity contribution is 5.93. The van der Waals surface area contributed by atoms with Gasteiger partial charge in [0.15, 0.2) is 0 Å². The molecule has 5 aliphatic carbocycles. The standard InChI is InChI=1S/C89H74N4/c1-85(2)75-17-13-11-15-65(75)71-35-27-61(51-81(71)85)92(59-39-43-90-44-40-59)63-29-37-73-69-33-25-57(49-79(69)88(7,8)83(73)53-63)21-19-55-23-31-67-68-32-24-56(48-78(68)87(5,6)77(67)47-55)20-22-58-26-34-70-74-38-30-64(54-84(74)89(9,10)80(70)50-58)93(60-41-45-91-46-42-60)62-28-36-72-66-16-12-14-18-76(66)86(3,4)82(72)52-62/h11-54H,1-10H3/b21-19+,22-20+. The van der Waals surface area contributed by atoms with Crippen LogP contribution in [0.15, 0.2) is 243 Å². The highest BCUT2D eigenvalue weighted by Gasteiger charge is 2.41. The van der Waals surface area contributed by atoms with E-state index >= 15 is 0 Å². The fourth-order valence-electron chi connectivity index (χ4n) is 16.9. The Kier molecular flexibility index (Phi) is 12.3. The van der Waals surface area contributed by atoms with Gasteiger partial charge in [-0.05, 0) is 206 Å². The molecule has 450 valence electrons. The third-order valence-electron chi connectivity index (χ3n) is 22.0. The van der Waals surface area contributed by atoms with Gasteiger partial charge in [0.2, 0.25) is 0 Å². The van der Waals surface area contributed by atoms with Crippen molar-refractivity contribution in [2.24, 2.45) is 0 Å². The van der Waals surface area contributed by atoms with Crippen LogP contribution in [-0.2, 0) is 27.1 Å². The van der Waals surface area contributed by atoms with E-state index in [1.807, 2.05) is 24.8 Å². The van der Waals surface area contributed by atoms with Gasteiger partial charge in [-0.2, -0.15) is 0 Å². The Hall–Kier alpha value is -10.4. The summed E-state index contributed by atoms with van der Waals surface area (Å²) in [5, 5.41) is 0. The molecule has 0 N–H and O–H groups in total. The van der Waals surface area contributed by atoms with Crippen LogP contribution in [0.3, 0.4) is 0 Å². The van der Waals surface area contributed by atoms with Crippen LogP contribution >= 0.6 is 0 Å². The van der Waals surface area contributed by atoms with E-state index in [1.54, 1.807) is 0 Å². The Labute approximate surface area is 548 Å². The van der Waals surface area contributed by atoms with Gasteiger partial charge in [0.05, 0.1) is 0 Å². The Morgan fingerprint density at radius 2 is 0.430 bits per heavy atom. The van der Waals surface area contributed by atoms with Gasteiger partial charge in [0.1, 0.15) is 0 Å². The van der Waals surface area contributed by atoms with Gasteiger partial charge >= 0.3 is 0 Å². The average molecular weight is 1200 g/mol. The topological polar surface area (TPSA) is 32.3 Å². The van der Waals surface area contributed by atoms with E-state index in [0.29, 0.717) is 0 Å². The van der Waals surface area contributed by atoms with E-state index in [0.717, 1.165) is 34.1 Å². The number of nitrogens with zero attached hydrogens (tertiary/aromatic N) is 4. The van der Waals surface area contributed by atoms with Crippen molar-refractivity contribution in [1.29, 1.82) is 0 Å². The van der Waals surface area contributed by atoms with Gasteiger partial charge in [0, 0.05) is 86.0 Å². The lowest BCUT2D eigenvalue weighted by molar-refractivity contribution is 0.659. The molecule has 0 atom stereocenters. The zero-order valence-corrected chi connectivity index (χ0v) is 54.7. The summed E-state index contributed by atoms with van der Waals surface area (Å²) in [4.78, 5) is 13.6. The number of fused-ring (bicyclic) bond motifs is 15. The Bertz CT molecular complexity index is 4860. The van der Waals surface area contributed by atoms with Crippen molar-refractivity contribution in [2.75, 3.05) is 9.80 Å². The van der Waals surface area contributed by atoms with Crippen LogP contribution in [0, 0.1) is 0 Å². The molecule has 12 aromatic rings. The number of benzene rings is 10. The summed E-state index contributed by atoms with van der Waals surface area (Å²) in [6.45, 7) is 23.7. The SMILES string of the molecule is CC1(C)c2cc(/C=C/c3ccc4c(c3)C(C)(C)c3cc(N(c5ccncc5)c5ccc6c(c5)C(C)(C)c5ccccc5-6)ccc3-4)ccc2-c2ccc(/C=C/c3ccc4c(c3)C(C)(C)c3cc(N(c5ccncc5)c5ccc6c(c5)C(C)(C)c5ccccc5-6)ccc3-4)cc21. The van der Waals surface area contributed by atoms with E-state index < -0.39 is 0 Å². The molecule has 2 aromatic heterocycles. The monoisotopic (exact) mass is 1200 g/mol. The lowest BCUT2D eigenvalue weighted by Crippen LogP contribution is -2.18. The van der Waals surface area contributed by atoms with Gasteiger partial charge < -0.3 is 9.80 Å². The average Bonchev–Trinajstić information content (AvgIpc) is 1.62. The summed E-state index contributed by atoms with van der Waals surface area (Å²) in [5.74, 6) is 0. The molecule has 0 aliphatic heterocycles. The van der Waals surface area contributed by atoms with Crippen molar-refractivity contribution >= 4 is 58.4 Å². The van der Waals surface area contributed by atoms with Crippen LogP contribution in [0.4, 0.5) is 34.1 Å². The van der Waals surface area contributed by atoms with Crippen LogP contribution in [0.25, 0.3) is 79.9 Å². The molecular weight excluding hydrogens is 1130 g/mol. The van der Waals surface area contributed by atoms with Crippen LogP contribution in [0.2, 0.25) is 0 Å². The number of pyridine rings is 2. The maximum Gasteiger partial charge on any atom is 0.0492 e. The lowest BCUT2D eigenvalue weighted by atomic mass is 9.81. The van der Waals surface area contributed by atoms with Crippen molar-refractivity contribution in [3.8, 4) is 55.6 Å². The molecule has 2 heterocycles. The zero-order valence-electron chi connectivity index (χ0n) is 54.7. The summed E-state index contributed by atoms with van der Waals surface area (Å²) >= 11 is 0. The highest BCUT2D eigenvalue weighted by atomic mass is 15.1. The second kappa shape index (κ2) is 20.3. The van der Waals surface area contributed by atoms with E-state index in [1.165, 1.54) is 134 Å². The van der Waals surface area contributed by atoms with E-state index in [9.17, 15) is 0 Å². The minimum atomic E-state index is -0.217. The third kappa shape index (κ3) is 8.57. The lowest BCUT2D eigenvalue weighted by Gasteiger charge is -2.29. The number of hydrogen-bond acceptors (Lipinski definition) is 4. The van der Waals surface area contributed by atoms with E-state index in [2.05, 4.69) is 332 Å². The van der Waals surface area contributed by atoms with Crippen LogP contribution < -0.4 is 9.80 Å². The Morgan fingerprint density at radius 1 is 0.215 bits per heavy atom. The van der Waals surface area contributed by atoms with Gasteiger partial charge in [-0.3, -0.25) is 9.97 Å². The molecular formula is C89H74N4. The summed E-state index contributed by atoms with van der Waals surface area (Å²) in [6, 6.07) is 82.6. The smallest absolute Gasteiger partial charge is 0.0492 e. The molecule has 0 spiro atoms. The minimum absolute atomic E-state index is 0.107. The van der Waals surface area contributed by atoms with Gasteiger partial charge in [0.25, 0.3) is 0 Å².